The van der Waals surface area contributed by atoms with Crippen LogP contribution in [0.15, 0.2) is 60.0 Å². The van der Waals surface area contributed by atoms with Gasteiger partial charge in [-0.25, -0.2) is 8.42 Å². The molecule has 2 aromatic heterocycles. The Balaban J connectivity index is 1.73. The maximum atomic E-state index is 11.9. The first kappa shape index (κ1) is 17.4. The van der Waals surface area contributed by atoms with Gasteiger partial charge in [0.15, 0.2) is 9.84 Å². The second-order valence-corrected chi connectivity index (χ2v) is 8.02. The Labute approximate surface area is 151 Å². The van der Waals surface area contributed by atoms with Crippen molar-refractivity contribution in [3.8, 4) is 0 Å². The summed E-state index contributed by atoms with van der Waals surface area (Å²) in [6.07, 6.45) is 8.23. The van der Waals surface area contributed by atoms with E-state index in [0.717, 1.165) is 11.3 Å². The highest BCUT2D eigenvalue weighted by atomic mass is 35.5. The third-order valence-electron chi connectivity index (χ3n) is 3.65. The van der Waals surface area contributed by atoms with Crippen molar-refractivity contribution in [2.24, 2.45) is 0 Å². The highest BCUT2D eigenvalue weighted by molar-refractivity contribution is 7.90. The van der Waals surface area contributed by atoms with Crippen LogP contribution in [0.2, 0.25) is 5.02 Å². The Bertz CT molecular complexity index is 971. The van der Waals surface area contributed by atoms with Crippen molar-refractivity contribution in [3.05, 3.63) is 71.3 Å². The average molecular weight is 377 g/mol. The lowest BCUT2D eigenvalue weighted by molar-refractivity contribution is 0.601. The minimum atomic E-state index is -3.35. The second kappa shape index (κ2) is 7.25. The van der Waals surface area contributed by atoms with Crippen molar-refractivity contribution >= 4 is 27.1 Å². The van der Waals surface area contributed by atoms with E-state index in [4.69, 9.17) is 11.6 Å². The average Bonchev–Trinajstić information content (AvgIpc) is 3.01. The number of hydrogen-bond donors (Lipinski definition) is 1. The lowest BCUT2D eigenvalue weighted by Crippen LogP contribution is -2.07. The third kappa shape index (κ3) is 4.37. The van der Waals surface area contributed by atoms with Gasteiger partial charge in [0.05, 0.1) is 23.3 Å². The van der Waals surface area contributed by atoms with Crippen LogP contribution in [0.25, 0.3) is 0 Å². The molecule has 0 saturated carbocycles. The molecule has 8 heteroatoms. The molecule has 0 saturated heterocycles. The van der Waals surface area contributed by atoms with Crippen molar-refractivity contribution in [1.29, 1.82) is 0 Å². The fourth-order valence-corrected chi connectivity index (χ4v) is 3.72. The summed E-state index contributed by atoms with van der Waals surface area (Å²) in [5, 5.41) is 7.88. The van der Waals surface area contributed by atoms with Crippen LogP contribution in [0.1, 0.15) is 11.1 Å². The number of rotatable bonds is 6. The number of aromatic nitrogens is 3. The molecule has 3 aromatic rings. The van der Waals surface area contributed by atoms with Crippen LogP contribution in [0, 0.1) is 0 Å². The Morgan fingerprint density at radius 2 is 2.04 bits per heavy atom. The van der Waals surface area contributed by atoms with Gasteiger partial charge in [-0.15, -0.1) is 0 Å². The first-order valence-corrected chi connectivity index (χ1v) is 9.83. The van der Waals surface area contributed by atoms with E-state index in [-0.39, 0.29) is 4.90 Å². The normalized spacial score (nSPS) is 11.4. The summed E-state index contributed by atoms with van der Waals surface area (Å²) in [6, 6.07) is 8.73. The van der Waals surface area contributed by atoms with E-state index in [1.807, 2.05) is 18.3 Å². The zero-order valence-electron chi connectivity index (χ0n) is 13.6. The number of halogens is 1. The number of pyridine rings is 1. The molecule has 0 radical (unpaired) electrons. The minimum absolute atomic E-state index is 0.232. The van der Waals surface area contributed by atoms with Gasteiger partial charge in [0.1, 0.15) is 0 Å². The number of benzene rings is 1. The molecule has 0 spiro atoms. The van der Waals surface area contributed by atoms with Crippen LogP contribution >= 0.6 is 11.6 Å². The number of hydrogen-bond acceptors (Lipinski definition) is 5. The standard InChI is InChI=1S/C17H17ClN4O2S/c1-25(23,24)17-6-2-5-16(18)15(17)10-20-14-9-21-22(12-14)11-13-4-3-7-19-8-13/h2-9,12,20H,10-11H2,1H3. The summed E-state index contributed by atoms with van der Waals surface area (Å²) >= 11 is 6.18. The lowest BCUT2D eigenvalue weighted by atomic mass is 10.2. The Morgan fingerprint density at radius 3 is 2.76 bits per heavy atom. The summed E-state index contributed by atoms with van der Waals surface area (Å²) in [6.45, 7) is 0.900. The summed E-state index contributed by atoms with van der Waals surface area (Å²) < 4.78 is 25.6. The summed E-state index contributed by atoms with van der Waals surface area (Å²) in [7, 11) is -3.35. The van der Waals surface area contributed by atoms with Gasteiger partial charge in [0, 0.05) is 42.0 Å². The molecule has 1 N–H and O–H groups in total. The molecule has 0 aliphatic carbocycles. The van der Waals surface area contributed by atoms with Gasteiger partial charge < -0.3 is 5.32 Å². The van der Waals surface area contributed by atoms with Crippen molar-refractivity contribution in [2.45, 2.75) is 18.0 Å². The van der Waals surface area contributed by atoms with Gasteiger partial charge in [-0.1, -0.05) is 23.7 Å². The number of anilines is 1. The van der Waals surface area contributed by atoms with Crippen molar-refractivity contribution in [1.82, 2.24) is 14.8 Å². The first-order chi connectivity index (χ1) is 11.9. The quantitative estimate of drug-likeness (QED) is 0.715. The SMILES string of the molecule is CS(=O)(=O)c1cccc(Cl)c1CNc1cnn(Cc2cccnc2)c1. The predicted octanol–water partition coefficient (Wildman–Crippen LogP) is 3.00. The molecule has 130 valence electrons. The van der Waals surface area contributed by atoms with Crippen LogP contribution in [0.5, 0.6) is 0 Å². The molecular weight excluding hydrogens is 360 g/mol. The van der Waals surface area contributed by atoms with Crippen LogP contribution in [-0.2, 0) is 22.9 Å². The lowest BCUT2D eigenvalue weighted by Gasteiger charge is -2.11. The molecule has 25 heavy (non-hydrogen) atoms. The zero-order chi connectivity index (χ0) is 17.9. The van der Waals surface area contributed by atoms with Gasteiger partial charge in [-0.2, -0.15) is 5.10 Å². The molecule has 1 aromatic carbocycles. The maximum Gasteiger partial charge on any atom is 0.175 e. The summed E-state index contributed by atoms with van der Waals surface area (Å²) in [4.78, 5) is 4.31. The van der Waals surface area contributed by atoms with E-state index >= 15 is 0 Å². The topological polar surface area (TPSA) is 76.9 Å². The summed E-state index contributed by atoms with van der Waals surface area (Å²) in [5.41, 5.74) is 2.37. The highest BCUT2D eigenvalue weighted by Gasteiger charge is 2.15. The smallest absolute Gasteiger partial charge is 0.175 e. The molecule has 0 unspecified atom stereocenters. The molecule has 0 atom stereocenters. The number of nitrogens with one attached hydrogen (secondary N) is 1. The van der Waals surface area contributed by atoms with Crippen molar-refractivity contribution < 1.29 is 8.42 Å². The molecule has 0 aliphatic heterocycles. The van der Waals surface area contributed by atoms with E-state index in [9.17, 15) is 8.42 Å². The van der Waals surface area contributed by atoms with E-state index in [2.05, 4.69) is 15.4 Å². The molecule has 0 aliphatic rings. The first-order valence-electron chi connectivity index (χ1n) is 7.56. The molecular formula is C17H17ClN4O2S. The van der Waals surface area contributed by atoms with E-state index in [1.54, 1.807) is 41.5 Å². The highest BCUT2D eigenvalue weighted by Crippen LogP contribution is 2.25. The van der Waals surface area contributed by atoms with Gasteiger partial charge in [-0.3, -0.25) is 9.67 Å². The Morgan fingerprint density at radius 1 is 1.20 bits per heavy atom. The van der Waals surface area contributed by atoms with Crippen molar-refractivity contribution in [2.75, 3.05) is 11.6 Å². The molecule has 0 fully saturated rings. The Kier molecular flexibility index (Phi) is 5.06. The molecule has 0 bridgehead atoms. The fraction of sp³-hybridized carbons (Fsp3) is 0.176. The van der Waals surface area contributed by atoms with Gasteiger partial charge >= 0.3 is 0 Å². The molecule has 6 nitrogen and oxygen atoms in total. The van der Waals surface area contributed by atoms with Crippen LogP contribution in [0.4, 0.5) is 5.69 Å². The van der Waals surface area contributed by atoms with E-state index < -0.39 is 9.84 Å². The monoisotopic (exact) mass is 376 g/mol. The molecule has 0 amide bonds. The Hall–Kier alpha value is -2.38. The predicted molar refractivity (Wildman–Crippen MR) is 97.5 cm³/mol. The van der Waals surface area contributed by atoms with Crippen LogP contribution < -0.4 is 5.32 Å². The van der Waals surface area contributed by atoms with Gasteiger partial charge in [0.2, 0.25) is 0 Å². The molecule has 2 heterocycles. The van der Waals surface area contributed by atoms with Gasteiger partial charge in [0.25, 0.3) is 0 Å². The number of nitrogens with zero attached hydrogens (tertiary/aromatic N) is 3. The second-order valence-electron chi connectivity index (χ2n) is 5.63. The molecule has 3 rings (SSSR count). The van der Waals surface area contributed by atoms with E-state index in [1.165, 1.54) is 6.26 Å². The third-order valence-corrected chi connectivity index (χ3v) is 5.18. The largest absolute Gasteiger partial charge is 0.378 e. The maximum absolute atomic E-state index is 11.9. The number of sulfone groups is 1. The minimum Gasteiger partial charge on any atom is -0.378 e. The van der Waals surface area contributed by atoms with Gasteiger partial charge in [-0.05, 0) is 23.8 Å². The summed E-state index contributed by atoms with van der Waals surface area (Å²) in [5.74, 6) is 0. The van der Waals surface area contributed by atoms with Crippen LogP contribution in [-0.4, -0.2) is 29.4 Å². The fourth-order valence-electron chi connectivity index (χ4n) is 2.47. The zero-order valence-corrected chi connectivity index (χ0v) is 15.1. The van der Waals surface area contributed by atoms with E-state index in [0.29, 0.717) is 23.7 Å². The van der Waals surface area contributed by atoms with Crippen molar-refractivity contribution in [3.63, 3.8) is 0 Å². The van der Waals surface area contributed by atoms with Crippen LogP contribution in [0.3, 0.4) is 0 Å².